The highest BCUT2D eigenvalue weighted by atomic mass is 16.3. The Labute approximate surface area is 95.1 Å². The van der Waals surface area contributed by atoms with E-state index < -0.39 is 6.10 Å². The summed E-state index contributed by atoms with van der Waals surface area (Å²) in [6.07, 6.45) is 1.91. The minimum Gasteiger partial charge on any atom is -0.464 e. The number of aliphatic hydroxyl groups is 1. The molecule has 2 atom stereocenters. The number of hydrogen-bond donors (Lipinski definition) is 2. The second kappa shape index (κ2) is 4.68. The Morgan fingerprint density at radius 2 is 2.19 bits per heavy atom. The smallest absolute Gasteiger partial charge is 0.134 e. The van der Waals surface area contributed by atoms with Crippen LogP contribution in [-0.4, -0.2) is 18.2 Å². The molecule has 0 aliphatic heterocycles. The molecule has 0 saturated carbocycles. The number of aliphatic hydroxyl groups excluding tert-OH is 1. The van der Waals surface area contributed by atoms with Gasteiger partial charge in [0.25, 0.3) is 0 Å². The molecule has 3 nitrogen and oxygen atoms in total. The summed E-state index contributed by atoms with van der Waals surface area (Å²) in [7, 11) is 1.90. The zero-order chi connectivity index (χ0) is 11.5. The molecule has 1 aromatic heterocycles. The van der Waals surface area contributed by atoms with Crippen molar-refractivity contribution in [2.75, 3.05) is 7.05 Å². The molecule has 1 heterocycles. The van der Waals surface area contributed by atoms with Crippen molar-refractivity contribution in [3.8, 4) is 0 Å². The van der Waals surface area contributed by atoms with Crippen LogP contribution in [-0.2, 0) is 0 Å². The Balaban J connectivity index is 2.18. The van der Waals surface area contributed by atoms with E-state index in [-0.39, 0.29) is 0 Å². The molecule has 0 radical (unpaired) electrons. The maximum atomic E-state index is 10.0. The molecule has 2 rings (SSSR count). The van der Waals surface area contributed by atoms with Crippen molar-refractivity contribution in [1.29, 1.82) is 0 Å². The highest BCUT2D eigenvalue weighted by Gasteiger charge is 2.12. The molecular formula is C13H17NO2. The number of fused-ring (bicyclic) bond motifs is 1. The first-order chi connectivity index (χ1) is 7.70. The second-order valence-electron chi connectivity index (χ2n) is 4.16. The lowest BCUT2D eigenvalue weighted by Crippen LogP contribution is -2.23. The van der Waals surface area contributed by atoms with E-state index in [4.69, 9.17) is 4.42 Å². The molecule has 1 aromatic carbocycles. The molecular weight excluding hydrogens is 202 g/mol. The summed E-state index contributed by atoms with van der Waals surface area (Å²) in [5.74, 6) is 0. The zero-order valence-electron chi connectivity index (χ0n) is 9.60. The molecule has 3 heteroatoms. The van der Waals surface area contributed by atoms with Crippen LogP contribution < -0.4 is 5.32 Å². The summed E-state index contributed by atoms with van der Waals surface area (Å²) >= 11 is 0. The Morgan fingerprint density at radius 1 is 1.38 bits per heavy atom. The van der Waals surface area contributed by atoms with Gasteiger partial charge in [0.05, 0.1) is 12.4 Å². The molecule has 0 aliphatic carbocycles. The van der Waals surface area contributed by atoms with Crippen LogP contribution in [0, 0.1) is 0 Å². The molecule has 0 aliphatic rings. The van der Waals surface area contributed by atoms with Crippen LogP contribution >= 0.6 is 0 Å². The first kappa shape index (κ1) is 11.2. The Bertz CT molecular complexity index is 464. The molecule has 2 aromatic rings. The first-order valence-corrected chi connectivity index (χ1v) is 5.53. The van der Waals surface area contributed by atoms with Crippen molar-refractivity contribution in [1.82, 2.24) is 5.32 Å². The van der Waals surface area contributed by atoms with Gasteiger partial charge in [-0.25, -0.2) is 0 Å². The van der Waals surface area contributed by atoms with Gasteiger partial charge in [-0.05, 0) is 38.1 Å². The fourth-order valence-electron chi connectivity index (χ4n) is 1.77. The number of rotatable bonds is 4. The summed E-state index contributed by atoms with van der Waals surface area (Å²) in [5, 5.41) is 14.2. The third kappa shape index (κ3) is 2.26. The summed E-state index contributed by atoms with van der Waals surface area (Å²) in [4.78, 5) is 0. The second-order valence-corrected chi connectivity index (χ2v) is 4.16. The van der Waals surface area contributed by atoms with E-state index in [1.807, 2.05) is 31.3 Å². The van der Waals surface area contributed by atoms with Crippen molar-refractivity contribution < 1.29 is 9.52 Å². The predicted octanol–water partition coefficient (Wildman–Crippen LogP) is 2.46. The number of hydrogen-bond acceptors (Lipinski definition) is 3. The van der Waals surface area contributed by atoms with E-state index in [1.165, 1.54) is 0 Å². The van der Waals surface area contributed by atoms with Crippen LogP contribution in [0.4, 0.5) is 0 Å². The van der Waals surface area contributed by atoms with Crippen LogP contribution in [0.1, 0.15) is 25.0 Å². The van der Waals surface area contributed by atoms with Gasteiger partial charge < -0.3 is 14.8 Å². The molecule has 86 valence electrons. The maximum absolute atomic E-state index is 10.0. The minimum absolute atomic E-state index is 0.294. The average molecular weight is 219 g/mol. The minimum atomic E-state index is -0.447. The van der Waals surface area contributed by atoms with Gasteiger partial charge in [0.2, 0.25) is 0 Å². The van der Waals surface area contributed by atoms with Gasteiger partial charge in [0.1, 0.15) is 5.58 Å². The SMILES string of the molecule is CNC(C)CC(O)c1ccc2ccoc2c1. The van der Waals surface area contributed by atoms with E-state index >= 15 is 0 Å². The van der Waals surface area contributed by atoms with Crippen molar-refractivity contribution in [2.45, 2.75) is 25.5 Å². The van der Waals surface area contributed by atoms with Crippen LogP contribution in [0.5, 0.6) is 0 Å². The first-order valence-electron chi connectivity index (χ1n) is 5.53. The van der Waals surface area contributed by atoms with Crippen LogP contribution in [0.15, 0.2) is 34.9 Å². The molecule has 0 amide bonds. The fraction of sp³-hybridized carbons (Fsp3) is 0.385. The third-order valence-electron chi connectivity index (χ3n) is 2.93. The Kier molecular flexibility index (Phi) is 3.27. The van der Waals surface area contributed by atoms with Gasteiger partial charge in [-0.2, -0.15) is 0 Å². The zero-order valence-corrected chi connectivity index (χ0v) is 9.60. The van der Waals surface area contributed by atoms with Gasteiger partial charge in [0, 0.05) is 11.4 Å². The van der Waals surface area contributed by atoms with Gasteiger partial charge in [-0.3, -0.25) is 0 Å². The van der Waals surface area contributed by atoms with Gasteiger partial charge in [-0.1, -0.05) is 12.1 Å². The van der Waals surface area contributed by atoms with Crippen LogP contribution in [0.25, 0.3) is 11.0 Å². The maximum Gasteiger partial charge on any atom is 0.134 e. The Morgan fingerprint density at radius 3 is 2.94 bits per heavy atom. The standard InChI is InChI=1S/C13H17NO2/c1-9(14-2)7-12(15)11-4-3-10-5-6-16-13(10)8-11/h3-6,8-9,12,14-15H,7H2,1-2H3. The monoisotopic (exact) mass is 219 g/mol. The molecule has 16 heavy (non-hydrogen) atoms. The molecule has 0 fully saturated rings. The number of benzene rings is 1. The lowest BCUT2D eigenvalue weighted by atomic mass is 10.0. The number of furan rings is 1. The van der Waals surface area contributed by atoms with Crippen molar-refractivity contribution in [3.63, 3.8) is 0 Å². The third-order valence-corrected chi connectivity index (χ3v) is 2.93. The van der Waals surface area contributed by atoms with Crippen molar-refractivity contribution in [3.05, 3.63) is 36.1 Å². The van der Waals surface area contributed by atoms with Crippen molar-refractivity contribution >= 4 is 11.0 Å². The topological polar surface area (TPSA) is 45.4 Å². The highest BCUT2D eigenvalue weighted by Crippen LogP contribution is 2.23. The van der Waals surface area contributed by atoms with Crippen LogP contribution in [0.3, 0.4) is 0 Å². The summed E-state index contributed by atoms with van der Waals surface area (Å²) in [5.41, 5.74) is 1.73. The number of nitrogens with one attached hydrogen (secondary N) is 1. The van der Waals surface area contributed by atoms with Gasteiger partial charge in [-0.15, -0.1) is 0 Å². The van der Waals surface area contributed by atoms with Crippen molar-refractivity contribution in [2.24, 2.45) is 0 Å². The summed E-state index contributed by atoms with van der Waals surface area (Å²) in [6.45, 7) is 2.05. The lowest BCUT2D eigenvalue weighted by Gasteiger charge is -2.15. The highest BCUT2D eigenvalue weighted by molar-refractivity contribution is 5.77. The molecule has 0 bridgehead atoms. The largest absolute Gasteiger partial charge is 0.464 e. The van der Waals surface area contributed by atoms with Crippen LogP contribution in [0.2, 0.25) is 0 Å². The quantitative estimate of drug-likeness (QED) is 0.830. The summed E-state index contributed by atoms with van der Waals surface area (Å²) in [6, 6.07) is 8.04. The Hall–Kier alpha value is -1.32. The van der Waals surface area contributed by atoms with E-state index in [0.29, 0.717) is 12.5 Å². The molecule has 2 unspecified atom stereocenters. The molecule has 0 spiro atoms. The molecule has 0 saturated heterocycles. The van der Waals surface area contributed by atoms with E-state index in [2.05, 4.69) is 12.2 Å². The summed E-state index contributed by atoms with van der Waals surface area (Å²) < 4.78 is 5.31. The van der Waals surface area contributed by atoms with E-state index in [0.717, 1.165) is 16.5 Å². The molecule has 2 N–H and O–H groups in total. The van der Waals surface area contributed by atoms with E-state index in [9.17, 15) is 5.11 Å². The average Bonchev–Trinajstić information content (AvgIpc) is 2.75. The fourth-order valence-corrected chi connectivity index (χ4v) is 1.77. The van der Waals surface area contributed by atoms with E-state index in [1.54, 1.807) is 6.26 Å². The van der Waals surface area contributed by atoms with Gasteiger partial charge in [0.15, 0.2) is 0 Å². The lowest BCUT2D eigenvalue weighted by molar-refractivity contribution is 0.155. The van der Waals surface area contributed by atoms with Gasteiger partial charge >= 0.3 is 0 Å². The normalized spacial score (nSPS) is 15.2. The predicted molar refractivity (Wildman–Crippen MR) is 64.3 cm³/mol.